The number of carbonyl (C=O) groups is 1. The minimum Gasteiger partial charge on any atom is -0.388 e. The Labute approximate surface area is 142 Å². The molecule has 3 rings (SSSR count). The highest BCUT2D eigenvalue weighted by Crippen LogP contribution is 2.27. The van der Waals surface area contributed by atoms with Gasteiger partial charge in [0.1, 0.15) is 5.82 Å². The van der Waals surface area contributed by atoms with E-state index in [1.165, 1.54) is 0 Å². The molecule has 0 aliphatic heterocycles. The number of carbonyl (C=O) groups excluding carboxylic acids is 1. The Morgan fingerprint density at radius 3 is 2.88 bits per heavy atom. The molecule has 24 heavy (non-hydrogen) atoms. The minimum absolute atomic E-state index is 0.237. The summed E-state index contributed by atoms with van der Waals surface area (Å²) in [6.07, 6.45) is 4.72. The van der Waals surface area contributed by atoms with Crippen LogP contribution in [0.4, 0.5) is 4.79 Å². The molecule has 6 nitrogen and oxygen atoms in total. The van der Waals surface area contributed by atoms with Crippen LogP contribution in [0.5, 0.6) is 0 Å². The average Bonchev–Trinajstić information content (AvgIpc) is 2.97. The molecule has 0 bridgehead atoms. The molecule has 0 unspecified atom stereocenters. The molecule has 0 saturated heterocycles. The minimum atomic E-state index is -0.754. The SMILES string of the molecule is Cc1ccc2nc([C@H](C)NC(=O)NCC3(O)CCCCC3)[nH]c2c1. The summed E-state index contributed by atoms with van der Waals surface area (Å²) < 4.78 is 0. The van der Waals surface area contributed by atoms with E-state index >= 15 is 0 Å². The third-order valence-electron chi connectivity index (χ3n) is 4.78. The Balaban J connectivity index is 1.56. The largest absolute Gasteiger partial charge is 0.388 e. The Kier molecular flexibility index (Phi) is 4.76. The van der Waals surface area contributed by atoms with Crippen LogP contribution in [0.3, 0.4) is 0 Å². The van der Waals surface area contributed by atoms with Gasteiger partial charge >= 0.3 is 6.03 Å². The molecule has 1 aromatic heterocycles. The van der Waals surface area contributed by atoms with E-state index in [0.29, 0.717) is 6.54 Å². The number of aromatic nitrogens is 2. The number of aliphatic hydroxyl groups is 1. The van der Waals surface area contributed by atoms with E-state index < -0.39 is 5.60 Å². The Bertz CT molecular complexity index is 719. The number of nitrogens with zero attached hydrogens (tertiary/aromatic N) is 1. The van der Waals surface area contributed by atoms with Crippen molar-refractivity contribution in [2.45, 2.75) is 57.6 Å². The summed E-state index contributed by atoms with van der Waals surface area (Å²) in [5.74, 6) is 0.724. The van der Waals surface area contributed by atoms with Gasteiger partial charge in [-0.25, -0.2) is 9.78 Å². The number of fused-ring (bicyclic) bond motifs is 1. The number of hydrogen-bond donors (Lipinski definition) is 4. The van der Waals surface area contributed by atoms with Gasteiger partial charge in [-0.2, -0.15) is 0 Å². The second kappa shape index (κ2) is 6.81. The number of imidazole rings is 1. The van der Waals surface area contributed by atoms with Crippen molar-refractivity contribution in [1.82, 2.24) is 20.6 Å². The van der Waals surface area contributed by atoms with Gasteiger partial charge in [-0.05, 0) is 44.4 Å². The monoisotopic (exact) mass is 330 g/mol. The van der Waals surface area contributed by atoms with Crippen LogP contribution in [-0.4, -0.2) is 33.3 Å². The van der Waals surface area contributed by atoms with Crippen LogP contribution in [0.1, 0.15) is 56.5 Å². The first kappa shape index (κ1) is 16.8. The van der Waals surface area contributed by atoms with Gasteiger partial charge in [0.2, 0.25) is 0 Å². The molecule has 4 N–H and O–H groups in total. The average molecular weight is 330 g/mol. The van der Waals surface area contributed by atoms with Gasteiger partial charge in [0.15, 0.2) is 0 Å². The molecular weight excluding hydrogens is 304 g/mol. The molecule has 1 fully saturated rings. The Morgan fingerprint density at radius 2 is 2.12 bits per heavy atom. The van der Waals surface area contributed by atoms with Crippen molar-refractivity contribution in [3.63, 3.8) is 0 Å². The van der Waals surface area contributed by atoms with Gasteiger partial charge < -0.3 is 20.7 Å². The lowest BCUT2D eigenvalue weighted by atomic mass is 9.85. The van der Waals surface area contributed by atoms with Crippen molar-refractivity contribution in [2.24, 2.45) is 0 Å². The zero-order chi connectivity index (χ0) is 17.2. The maximum absolute atomic E-state index is 12.1. The zero-order valence-corrected chi connectivity index (χ0v) is 14.4. The molecule has 1 atom stereocenters. The third kappa shape index (κ3) is 3.87. The fourth-order valence-corrected chi connectivity index (χ4v) is 3.30. The number of nitrogens with one attached hydrogen (secondary N) is 3. The normalized spacial score (nSPS) is 18.3. The third-order valence-corrected chi connectivity index (χ3v) is 4.78. The second-order valence-electron chi connectivity index (χ2n) is 6.98. The smallest absolute Gasteiger partial charge is 0.315 e. The molecule has 1 aromatic carbocycles. The molecule has 1 aliphatic carbocycles. The lowest BCUT2D eigenvalue weighted by molar-refractivity contribution is 0.00713. The summed E-state index contributed by atoms with van der Waals surface area (Å²) in [4.78, 5) is 19.9. The highest BCUT2D eigenvalue weighted by atomic mass is 16.3. The molecule has 1 aliphatic rings. The number of amides is 2. The quantitative estimate of drug-likeness (QED) is 0.695. The Hall–Kier alpha value is -2.08. The lowest BCUT2D eigenvalue weighted by Gasteiger charge is -2.32. The summed E-state index contributed by atoms with van der Waals surface area (Å²) in [6, 6.07) is 5.51. The first-order valence-electron chi connectivity index (χ1n) is 8.68. The number of hydrogen-bond acceptors (Lipinski definition) is 3. The van der Waals surface area contributed by atoms with Crippen molar-refractivity contribution >= 4 is 17.1 Å². The molecule has 0 spiro atoms. The Morgan fingerprint density at radius 1 is 1.38 bits per heavy atom. The standard InChI is InChI=1S/C18H26N4O2/c1-12-6-7-14-15(10-12)22-16(21-14)13(2)20-17(23)19-11-18(24)8-4-3-5-9-18/h6-7,10,13,24H,3-5,8-9,11H2,1-2H3,(H,21,22)(H2,19,20,23)/t13-/m0/s1. The van der Waals surface area contributed by atoms with E-state index in [4.69, 9.17) is 0 Å². The molecule has 130 valence electrons. The van der Waals surface area contributed by atoms with Crippen molar-refractivity contribution in [3.05, 3.63) is 29.6 Å². The van der Waals surface area contributed by atoms with Crippen LogP contribution < -0.4 is 10.6 Å². The van der Waals surface area contributed by atoms with Crippen LogP contribution in [0.2, 0.25) is 0 Å². The van der Waals surface area contributed by atoms with E-state index in [2.05, 4.69) is 20.6 Å². The van der Waals surface area contributed by atoms with E-state index in [1.54, 1.807) is 0 Å². The second-order valence-corrected chi connectivity index (χ2v) is 6.98. The van der Waals surface area contributed by atoms with Gasteiger partial charge in [0.25, 0.3) is 0 Å². The molecule has 1 heterocycles. The highest BCUT2D eigenvalue weighted by Gasteiger charge is 2.29. The molecule has 2 aromatic rings. The maximum atomic E-state index is 12.1. The van der Waals surface area contributed by atoms with E-state index in [0.717, 1.165) is 54.5 Å². The number of rotatable bonds is 4. The number of H-pyrrole nitrogens is 1. The van der Waals surface area contributed by atoms with Gasteiger partial charge in [0, 0.05) is 6.54 Å². The van der Waals surface area contributed by atoms with Crippen LogP contribution in [0, 0.1) is 6.92 Å². The molecular formula is C18H26N4O2. The molecule has 2 amide bonds. The van der Waals surface area contributed by atoms with Gasteiger partial charge in [-0.1, -0.05) is 25.3 Å². The number of urea groups is 1. The van der Waals surface area contributed by atoms with Crippen molar-refractivity contribution in [1.29, 1.82) is 0 Å². The number of benzene rings is 1. The van der Waals surface area contributed by atoms with Crippen molar-refractivity contribution < 1.29 is 9.90 Å². The number of aryl methyl sites for hydroxylation is 1. The summed E-state index contributed by atoms with van der Waals surface area (Å²) in [5, 5.41) is 16.1. The van der Waals surface area contributed by atoms with E-state index in [9.17, 15) is 9.90 Å². The van der Waals surface area contributed by atoms with Crippen LogP contribution in [-0.2, 0) is 0 Å². The van der Waals surface area contributed by atoms with Crippen LogP contribution in [0.15, 0.2) is 18.2 Å². The highest BCUT2D eigenvalue weighted by molar-refractivity contribution is 5.77. The molecule has 6 heteroatoms. The summed E-state index contributed by atoms with van der Waals surface area (Å²) in [5.41, 5.74) is 2.27. The fourth-order valence-electron chi connectivity index (χ4n) is 3.30. The summed E-state index contributed by atoms with van der Waals surface area (Å²) in [6.45, 7) is 4.22. The summed E-state index contributed by atoms with van der Waals surface area (Å²) in [7, 11) is 0. The predicted octanol–water partition coefficient (Wildman–Crippen LogP) is 2.93. The van der Waals surface area contributed by atoms with Crippen LogP contribution >= 0.6 is 0 Å². The van der Waals surface area contributed by atoms with Gasteiger partial charge in [-0.15, -0.1) is 0 Å². The van der Waals surface area contributed by atoms with E-state index in [1.807, 2.05) is 32.0 Å². The van der Waals surface area contributed by atoms with Crippen molar-refractivity contribution in [3.8, 4) is 0 Å². The van der Waals surface area contributed by atoms with Gasteiger partial charge in [0.05, 0.1) is 22.7 Å². The first-order valence-corrected chi connectivity index (χ1v) is 8.68. The van der Waals surface area contributed by atoms with Crippen LogP contribution in [0.25, 0.3) is 11.0 Å². The molecule has 1 saturated carbocycles. The first-order chi connectivity index (χ1) is 11.5. The van der Waals surface area contributed by atoms with Gasteiger partial charge in [-0.3, -0.25) is 0 Å². The van der Waals surface area contributed by atoms with Crippen molar-refractivity contribution in [2.75, 3.05) is 6.54 Å². The molecule has 0 radical (unpaired) electrons. The van der Waals surface area contributed by atoms with E-state index in [-0.39, 0.29) is 12.1 Å². The predicted molar refractivity (Wildman–Crippen MR) is 93.8 cm³/mol. The lowest BCUT2D eigenvalue weighted by Crippen LogP contribution is -2.47. The maximum Gasteiger partial charge on any atom is 0.315 e. The zero-order valence-electron chi connectivity index (χ0n) is 14.4. The number of aromatic amines is 1. The topological polar surface area (TPSA) is 90.0 Å². The fraction of sp³-hybridized carbons (Fsp3) is 0.556. The summed E-state index contributed by atoms with van der Waals surface area (Å²) >= 11 is 0.